The molecule has 0 radical (unpaired) electrons. The van der Waals surface area contributed by atoms with Crippen molar-refractivity contribution in [3.8, 4) is 0 Å². The topological polar surface area (TPSA) is 92.5 Å². The second-order valence-corrected chi connectivity index (χ2v) is 3.12. The molecule has 0 aliphatic rings. The molecular formula is C4H13N2O2P. The molecule has 0 aromatic heterocycles. The van der Waals surface area contributed by atoms with Gasteiger partial charge in [-0.25, -0.2) is 0 Å². The largest absolute Gasteiger partial charge is 0.349 e. The SMILES string of the molecule is NCCC[C@H](N)P(O)O. The first kappa shape index (κ1) is 9.27. The van der Waals surface area contributed by atoms with E-state index in [0.717, 1.165) is 6.42 Å². The van der Waals surface area contributed by atoms with E-state index >= 15 is 0 Å². The van der Waals surface area contributed by atoms with Crippen LogP contribution in [0.4, 0.5) is 0 Å². The predicted octanol–water partition coefficient (Wildman–Crippen LogP) is -0.693. The highest BCUT2D eigenvalue weighted by Gasteiger charge is 2.09. The number of rotatable bonds is 4. The van der Waals surface area contributed by atoms with Gasteiger partial charge in [0.15, 0.2) is 8.38 Å². The lowest BCUT2D eigenvalue weighted by atomic mass is 10.3. The van der Waals surface area contributed by atoms with Crippen molar-refractivity contribution in [2.75, 3.05) is 6.54 Å². The van der Waals surface area contributed by atoms with Crippen molar-refractivity contribution in [1.29, 1.82) is 0 Å². The molecule has 0 rings (SSSR count). The van der Waals surface area contributed by atoms with E-state index in [1.54, 1.807) is 0 Å². The number of hydrogen-bond donors (Lipinski definition) is 4. The summed E-state index contributed by atoms with van der Waals surface area (Å²) in [7, 11) is -1.95. The van der Waals surface area contributed by atoms with Crippen molar-refractivity contribution < 1.29 is 9.79 Å². The van der Waals surface area contributed by atoms with E-state index in [4.69, 9.17) is 21.3 Å². The Labute approximate surface area is 55.8 Å². The zero-order valence-corrected chi connectivity index (χ0v) is 6.09. The molecule has 9 heavy (non-hydrogen) atoms. The molecule has 0 saturated heterocycles. The van der Waals surface area contributed by atoms with E-state index in [0.29, 0.717) is 13.0 Å². The highest BCUT2D eigenvalue weighted by molar-refractivity contribution is 7.45. The summed E-state index contributed by atoms with van der Waals surface area (Å²) in [4.78, 5) is 17.0. The fourth-order valence-electron chi connectivity index (χ4n) is 0.442. The van der Waals surface area contributed by atoms with Crippen LogP contribution in [-0.4, -0.2) is 22.1 Å². The van der Waals surface area contributed by atoms with Crippen molar-refractivity contribution in [2.45, 2.75) is 18.6 Å². The summed E-state index contributed by atoms with van der Waals surface area (Å²) < 4.78 is 0. The second kappa shape index (κ2) is 5.09. The number of hydrogen-bond acceptors (Lipinski definition) is 4. The molecule has 0 unspecified atom stereocenters. The summed E-state index contributed by atoms with van der Waals surface area (Å²) in [5.74, 6) is -0.483. The summed E-state index contributed by atoms with van der Waals surface area (Å²) in [6.07, 6.45) is 1.34. The van der Waals surface area contributed by atoms with Crippen LogP contribution >= 0.6 is 8.38 Å². The first-order valence-electron chi connectivity index (χ1n) is 2.81. The molecule has 0 aromatic carbocycles. The van der Waals surface area contributed by atoms with E-state index in [1.165, 1.54) is 0 Å². The Kier molecular flexibility index (Phi) is 5.24. The maximum absolute atomic E-state index is 8.50. The molecule has 0 spiro atoms. The molecule has 0 fully saturated rings. The fourth-order valence-corrected chi connectivity index (χ4v) is 0.856. The van der Waals surface area contributed by atoms with Crippen LogP contribution in [0.25, 0.3) is 0 Å². The minimum atomic E-state index is -1.95. The predicted molar refractivity (Wildman–Crippen MR) is 37.6 cm³/mol. The van der Waals surface area contributed by atoms with Crippen molar-refractivity contribution in [3.05, 3.63) is 0 Å². The lowest BCUT2D eigenvalue weighted by Gasteiger charge is -2.10. The highest BCUT2D eigenvalue weighted by atomic mass is 31.2. The van der Waals surface area contributed by atoms with Crippen LogP contribution < -0.4 is 11.5 Å². The van der Waals surface area contributed by atoms with Crippen molar-refractivity contribution in [2.24, 2.45) is 11.5 Å². The van der Waals surface area contributed by atoms with Gasteiger partial charge in [0.25, 0.3) is 0 Å². The van der Waals surface area contributed by atoms with E-state index < -0.39 is 14.2 Å². The third-order valence-corrected chi connectivity index (χ3v) is 1.85. The molecule has 0 amide bonds. The molecule has 0 aromatic rings. The Bertz CT molecular complexity index is 71.6. The van der Waals surface area contributed by atoms with Crippen LogP contribution in [0.3, 0.4) is 0 Å². The van der Waals surface area contributed by atoms with Gasteiger partial charge in [0.1, 0.15) is 0 Å². The van der Waals surface area contributed by atoms with Gasteiger partial charge in [-0.05, 0) is 19.4 Å². The Balaban J connectivity index is 3.16. The quantitative estimate of drug-likeness (QED) is 0.401. The van der Waals surface area contributed by atoms with Crippen molar-refractivity contribution in [1.82, 2.24) is 0 Å². The molecule has 6 N–H and O–H groups in total. The molecule has 5 heteroatoms. The summed E-state index contributed by atoms with van der Waals surface area (Å²) >= 11 is 0. The summed E-state index contributed by atoms with van der Waals surface area (Å²) in [6.45, 7) is 0.552. The highest BCUT2D eigenvalue weighted by Crippen LogP contribution is 2.29. The standard InChI is InChI=1S/C4H13N2O2P/c5-3-1-2-4(6)9(7)8/h4,7-8H,1-3,5-6H2/t4-/m1/s1. The van der Waals surface area contributed by atoms with Crippen molar-refractivity contribution >= 4 is 8.38 Å². The molecule has 56 valence electrons. The molecule has 0 saturated carbocycles. The van der Waals surface area contributed by atoms with Gasteiger partial charge in [0, 0.05) is 0 Å². The molecule has 0 aliphatic carbocycles. The lowest BCUT2D eigenvalue weighted by Crippen LogP contribution is -2.18. The summed E-state index contributed by atoms with van der Waals surface area (Å²) in [6, 6.07) is 0. The van der Waals surface area contributed by atoms with Gasteiger partial charge in [-0.15, -0.1) is 0 Å². The Morgan fingerprint density at radius 3 is 2.33 bits per heavy atom. The van der Waals surface area contributed by atoms with Crippen LogP contribution in [0, 0.1) is 0 Å². The molecular weight excluding hydrogens is 139 g/mol. The second-order valence-electron chi connectivity index (χ2n) is 1.82. The minimum absolute atomic E-state index is 0.483. The van der Waals surface area contributed by atoms with E-state index in [-0.39, 0.29) is 0 Å². The van der Waals surface area contributed by atoms with Gasteiger partial charge < -0.3 is 21.3 Å². The molecule has 0 bridgehead atoms. The lowest BCUT2D eigenvalue weighted by molar-refractivity contribution is 0.458. The van der Waals surface area contributed by atoms with Gasteiger partial charge >= 0.3 is 0 Å². The molecule has 0 heterocycles. The van der Waals surface area contributed by atoms with Gasteiger partial charge in [-0.3, -0.25) is 0 Å². The Morgan fingerprint density at radius 2 is 2.00 bits per heavy atom. The minimum Gasteiger partial charge on any atom is -0.349 e. The fraction of sp³-hybridized carbons (Fsp3) is 1.00. The van der Waals surface area contributed by atoms with Crippen LogP contribution in [-0.2, 0) is 0 Å². The average molecular weight is 152 g/mol. The third-order valence-electron chi connectivity index (χ3n) is 1.00. The maximum atomic E-state index is 8.50. The molecule has 1 atom stereocenters. The maximum Gasteiger partial charge on any atom is 0.183 e. The molecule has 0 aliphatic heterocycles. The van der Waals surface area contributed by atoms with Gasteiger partial charge in [-0.2, -0.15) is 0 Å². The zero-order chi connectivity index (χ0) is 7.28. The van der Waals surface area contributed by atoms with Gasteiger partial charge in [0.05, 0.1) is 5.78 Å². The van der Waals surface area contributed by atoms with E-state index in [9.17, 15) is 0 Å². The van der Waals surface area contributed by atoms with Gasteiger partial charge in [-0.1, -0.05) is 0 Å². The third kappa shape index (κ3) is 4.75. The summed E-state index contributed by atoms with van der Waals surface area (Å²) in [5, 5.41) is 0. The van der Waals surface area contributed by atoms with Crippen LogP contribution in [0.2, 0.25) is 0 Å². The van der Waals surface area contributed by atoms with Crippen LogP contribution in [0.15, 0.2) is 0 Å². The molecule has 4 nitrogen and oxygen atoms in total. The normalized spacial score (nSPS) is 14.3. The van der Waals surface area contributed by atoms with Crippen LogP contribution in [0.1, 0.15) is 12.8 Å². The zero-order valence-electron chi connectivity index (χ0n) is 5.20. The summed E-state index contributed by atoms with van der Waals surface area (Å²) in [5.41, 5.74) is 10.4. The smallest absolute Gasteiger partial charge is 0.183 e. The van der Waals surface area contributed by atoms with Crippen molar-refractivity contribution in [3.63, 3.8) is 0 Å². The van der Waals surface area contributed by atoms with Gasteiger partial charge in [0.2, 0.25) is 0 Å². The first-order chi connectivity index (χ1) is 4.18. The first-order valence-corrected chi connectivity index (χ1v) is 4.12. The monoisotopic (exact) mass is 152 g/mol. The number of nitrogens with two attached hydrogens (primary N) is 2. The van der Waals surface area contributed by atoms with E-state index in [1.807, 2.05) is 0 Å². The van der Waals surface area contributed by atoms with E-state index in [2.05, 4.69) is 0 Å². The average Bonchev–Trinajstić information content (AvgIpc) is 1.82. The Hall–Kier alpha value is 0.270. The van der Waals surface area contributed by atoms with Crippen LogP contribution in [0.5, 0.6) is 0 Å². The Morgan fingerprint density at radius 1 is 1.44 bits per heavy atom.